The van der Waals surface area contributed by atoms with Crippen molar-refractivity contribution >= 4 is 12.3 Å². The second-order valence-corrected chi connectivity index (χ2v) is 3.64. The number of hydrogen-bond acceptors (Lipinski definition) is 2. The zero-order valence-electron chi connectivity index (χ0n) is 11.3. The highest BCUT2D eigenvalue weighted by atomic mass is 16.2. The lowest BCUT2D eigenvalue weighted by Crippen LogP contribution is -2.37. The first-order chi connectivity index (χ1) is 7.56. The summed E-state index contributed by atoms with van der Waals surface area (Å²) in [5.74, 6) is 0.513. The number of urea groups is 1. The van der Waals surface area contributed by atoms with Gasteiger partial charge in [-0.05, 0) is 19.3 Å². The highest BCUT2D eigenvalue weighted by Crippen LogP contribution is 2.13. The molecule has 0 aromatic carbocycles. The average Bonchev–Trinajstić information content (AvgIpc) is 2.64. The number of hydrogen-bond donors (Lipinski definition) is 2. The molecule has 2 N–H and O–H groups in total. The number of aldehydes is 1. The Morgan fingerprint density at radius 1 is 1.31 bits per heavy atom. The molecule has 1 saturated heterocycles. The van der Waals surface area contributed by atoms with Crippen LogP contribution < -0.4 is 10.6 Å². The van der Waals surface area contributed by atoms with E-state index in [1.165, 1.54) is 6.92 Å². The van der Waals surface area contributed by atoms with Crippen LogP contribution in [0, 0.1) is 5.92 Å². The zero-order chi connectivity index (χ0) is 13.1. The standard InChI is InChI=1S/C8H16N2O.C2H4O.C2H6/c1-4-6-7(5(2)3)10-8(11)9-6;1-2-3;1-2/h5-7H,4H2,1-3H3,(H2,9,10,11);2H,1H3;1-2H3. The van der Waals surface area contributed by atoms with Crippen LogP contribution in [-0.4, -0.2) is 24.4 Å². The molecule has 0 radical (unpaired) electrons. The van der Waals surface area contributed by atoms with Crippen LogP contribution in [0.1, 0.15) is 48.0 Å². The maximum Gasteiger partial charge on any atom is 0.315 e. The first kappa shape index (κ1) is 17.3. The number of rotatable bonds is 2. The molecule has 16 heavy (non-hydrogen) atoms. The lowest BCUT2D eigenvalue weighted by atomic mass is 9.97. The third-order valence-electron chi connectivity index (χ3n) is 2.21. The van der Waals surface area contributed by atoms with Crippen molar-refractivity contribution < 1.29 is 9.59 Å². The van der Waals surface area contributed by atoms with Gasteiger partial charge in [0.2, 0.25) is 0 Å². The fraction of sp³-hybridized carbons (Fsp3) is 0.833. The van der Waals surface area contributed by atoms with Crippen LogP contribution in [0.5, 0.6) is 0 Å². The van der Waals surface area contributed by atoms with Crippen LogP contribution in [0.2, 0.25) is 0 Å². The molecule has 2 unspecified atom stereocenters. The van der Waals surface area contributed by atoms with E-state index in [4.69, 9.17) is 4.79 Å². The van der Waals surface area contributed by atoms with Crippen molar-refractivity contribution in [3.05, 3.63) is 0 Å². The summed E-state index contributed by atoms with van der Waals surface area (Å²) < 4.78 is 0. The Hall–Kier alpha value is -1.06. The number of carbonyl (C=O) groups excluding carboxylic acids is 2. The predicted molar refractivity (Wildman–Crippen MR) is 67.5 cm³/mol. The molecule has 1 rings (SSSR count). The molecule has 96 valence electrons. The lowest BCUT2D eigenvalue weighted by molar-refractivity contribution is -0.106. The molecule has 0 aromatic rings. The molecule has 1 fully saturated rings. The first-order valence-corrected chi connectivity index (χ1v) is 6.03. The van der Waals surface area contributed by atoms with Crippen molar-refractivity contribution in [2.75, 3.05) is 0 Å². The Kier molecular flexibility index (Phi) is 11.3. The Bertz CT molecular complexity index is 193. The molecule has 1 aliphatic rings. The quantitative estimate of drug-likeness (QED) is 0.715. The molecule has 2 atom stereocenters. The molecule has 4 heteroatoms. The van der Waals surface area contributed by atoms with E-state index in [0.29, 0.717) is 18.0 Å². The third-order valence-corrected chi connectivity index (χ3v) is 2.21. The van der Waals surface area contributed by atoms with E-state index in [-0.39, 0.29) is 6.03 Å². The summed E-state index contributed by atoms with van der Waals surface area (Å²) in [6.45, 7) is 11.8. The van der Waals surface area contributed by atoms with Gasteiger partial charge < -0.3 is 15.4 Å². The van der Waals surface area contributed by atoms with Crippen molar-refractivity contribution in [2.45, 2.75) is 60.0 Å². The van der Waals surface area contributed by atoms with E-state index < -0.39 is 0 Å². The second kappa shape index (κ2) is 10.5. The molecule has 0 bridgehead atoms. The van der Waals surface area contributed by atoms with Gasteiger partial charge in [0.15, 0.2) is 0 Å². The fourth-order valence-corrected chi connectivity index (χ4v) is 1.54. The Morgan fingerprint density at radius 3 is 2.00 bits per heavy atom. The van der Waals surface area contributed by atoms with E-state index >= 15 is 0 Å². The topological polar surface area (TPSA) is 58.2 Å². The van der Waals surface area contributed by atoms with Crippen LogP contribution in [0.25, 0.3) is 0 Å². The minimum atomic E-state index is -0.0180. The van der Waals surface area contributed by atoms with Gasteiger partial charge in [-0.1, -0.05) is 34.6 Å². The molecule has 0 aromatic heterocycles. The minimum Gasteiger partial charge on any atom is -0.333 e. The molecule has 0 spiro atoms. The fourth-order valence-electron chi connectivity index (χ4n) is 1.54. The summed E-state index contributed by atoms with van der Waals surface area (Å²) in [7, 11) is 0. The summed E-state index contributed by atoms with van der Waals surface area (Å²) in [6, 6.07) is 0.616. The SMILES string of the molecule is CC.CC=O.CCC1NC(=O)NC1C(C)C. The molecule has 4 nitrogen and oxygen atoms in total. The van der Waals surface area contributed by atoms with Gasteiger partial charge in [0.25, 0.3) is 0 Å². The van der Waals surface area contributed by atoms with E-state index in [1.807, 2.05) is 13.8 Å². The van der Waals surface area contributed by atoms with Crippen molar-refractivity contribution in [2.24, 2.45) is 5.92 Å². The number of carbonyl (C=O) groups is 2. The van der Waals surface area contributed by atoms with E-state index in [0.717, 1.165) is 12.7 Å². The molecule has 0 saturated carbocycles. The molecule has 0 aliphatic carbocycles. The van der Waals surface area contributed by atoms with E-state index in [9.17, 15) is 4.79 Å². The Morgan fingerprint density at radius 2 is 1.75 bits per heavy atom. The van der Waals surface area contributed by atoms with Crippen molar-refractivity contribution in [1.29, 1.82) is 0 Å². The van der Waals surface area contributed by atoms with Gasteiger partial charge in [0.05, 0.1) is 12.1 Å². The van der Waals surface area contributed by atoms with E-state index in [1.54, 1.807) is 0 Å². The predicted octanol–water partition coefficient (Wildman–Crippen LogP) is 2.33. The summed E-state index contributed by atoms with van der Waals surface area (Å²) in [6.07, 6.45) is 1.75. The second-order valence-electron chi connectivity index (χ2n) is 3.64. The van der Waals surface area contributed by atoms with Crippen LogP contribution in [0.3, 0.4) is 0 Å². The highest BCUT2D eigenvalue weighted by Gasteiger charge is 2.31. The molecule has 1 aliphatic heterocycles. The van der Waals surface area contributed by atoms with Gasteiger partial charge in [0, 0.05) is 0 Å². The van der Waals surface area contributed by atoms with Crippen molar-refractivity contribution in [1.82, 2.24) is 10.6 Å². The normalized spacial score (nSPS) is 22.1. The smallest absolute Gasteiger partial charge is 0.315 e. The lowest BCUT2D eigenvalue weighted by Gasteiger charge is -2.19. The van der Waals surface area contributed by atoms with Crippen LogP contribution in [0.4, 0.5) is 4.79 Å². The number of amides is 2. The molecular weight excluding hydrogens is 204 g/mol. The first-order valence-electron chi connectivity index (χ1n) is 6.03. The molecule has 2 amide bonds. The zero-order valence-corrected chi connectivity index (χ0v) is 11.3. The Balaban J connectivity index is 0. The minimum absolute atomic E-state index is 0.0180. The van der Waals surface area contributed by atoms with Crippen molar-refractivity contribution in [3.8, 4) is 0 Å². The van der Waals surface area contributed by atoms with Crippen LogP contribution in [-0.2, 0) is 4.79 Å². The summed E-state index contributed by atoms with van der Waals surface area (Å²) >= 11 is 0. The molecule has 1 heterocycles. The maximum absolute atomic E-state index is 10.9. The summed E-state index contributed by atoms with van der Waals surface area (Å²) in [5.41, 5.74) is 0. The van der Waals surface area contributed by atoms with Gasteiger partial charge in [-0.15, -0.1) is 0 Å². The van der Waals surface area contributed by atoms with Crippen molar-refractivity contribution in [3.63, 3.8) is 0 Å². The number of nitrogens with one attached hydrogen (secondary N) is 2. The monoisotopic (exact) mass is 230 g/mol. The maximum atomic E-state index is 10.9. The van der Waals surface area contributed by atoms with Crippen LogP contribution >= 0.6 is 0 Å². The van der Waals surface area contributed by atoms with Crippen LogP contribution in [0.15, 0.2) is 0 Å². The summed E-state index contributed by atoms with van der Waals surface area (Å²) in [5, 5.41) is 5.79. The average molecular weight is 230 g/mol. The van der Waals surface area contributed by atoms with Gasteiger partial charge >= 0.3 is 6.03 Å². The van der Waals surface area contributed by atoms with Gasteiger partial charge in [0.1, 0.15) is 6.29 Å². The largest absolute Gasteiger partial charge is 0.333 e. The van der Waals surface area contributed by atoms with E-state index in [2.05, 4.69) is 31.4 Å². The molecular formula is C12H26N2O2. The van der Waals surface area contributed by atoms with Gasteiger partial charge in [-0.25, -0.2) is 4.79 Å². The van der Waals surface area contributed by atoms with Gasteiger partial charge in [-0.3, -0.25) is 0 Å². The Labute approximate surface area is 99.2 Å². The third kappa shape index (κ3) is 6.43. The van der Waals surface area contributed by atoms with Gasteiger partial charge in [-0.2, -0.15) is 0 Å². The summed E-state index contributed by atoms with van der Waals surface area (Å²) in [4.78, 5) is 19.7. The highest BCUT2D eigenvalue weighted by molar-refractivity contribution is 5.77.